The molecule has 0 radical (unpaired) electrons. The third-order valence-electron chi connectivity index (χ3n) is 4.73. The van der Waals surface area contributed by atoms with Crippen LogP contribution in [0, 0.1) is 0 Å². The summed E-state index contributed by atoms with van der Waals surface area (Å²) < 4.78 is 0. The molecule has 2 aromatic heterocycles. The Kier molecular flexibility index (Phi) is 4.56. The summed E-state index contributed by atoms with van der Waals surface area (Å²) in [6.07, 6.45) is 7.62. The zero-order chi connectivity index (χ0) is 19.7. The fourth-order valence-corrected chi connectivity index (χ4v) is 3.38. The second-order valence-corrected chi connectivity index (χ2v) is 6.59. The fraction of sp³-hybridized carbons (Fsp3) is 0.263. The molecular weight excluding hydrogens is 360 g/mol. The molecule has 0 unspecified atom stereocenters. The van der Waals surface area contributed by atoms with Gasteiger partial charge < -0.3 is 10.2 Å². The number of amides is 3. The van der Waals surface area contributed by atoms with Crippen LogP contribution in [0.25, 0.3) is 11.4 Å². The summed E-state index contributed by atoms with van der Waals surface area (Å²) >= 11 is 0. The number of hydrogen-bond acceptors (Lipinski definition) is 7. The third-order valence-corrected chi connectivity index (χ3v) is 4.73. The molecule has 0 aliphatic carbocycles. The first kappa shape index (κ1) is 17.8. The van der Waals surface area contributed by atoms with Gasteiger partial charge in [0.1, 0.15) is 11.4 Å². The molecule has 0 bridgehead atoms. The molecule has 3 amide bonds. The van der Waals surface area contributed by atoms with Gasteiger partial charge in [-0.1, -0.05) is 0 Å². The highest BCUT2D eigenvalue weighted by molar-refractivity contribution is 6.19. The van der Waals surface area contributed by atoms with E-state index in [-0.39, 0.29) is 24.3 Å². The van der Waals surface area contributed by atoms with Crippen LogP contribution in [-0.4, -0.2) is 62.6 Å². The van der Waals surface area contributed by atoms with Crippen molar-refractivity contribution < 1.29 is 14.4 Å². The molecule has 2 aliphatic heterocycles. The van der Waals surface area contributed by atoms with Gasteiger partial charge in [-0.15, -0.1) is 0 Å². The SMILES string of the molecule is CN1C(=O)C2=C(C1=O)N(CC(=O)Nc1ccc(-c3cnccn3)nc1)CCC2. The van der Waals surface area contributed by atoms with Crippen molar-refractivity contribution in [3.8, 4) is 11.4 Å². The van der Waals surface area contributed by atoms with Gasteiger partial charge in [0.15, 0.2) is 0 Å². The molecule has 1 N–H and O–H groups in total. The Bertz CT molecular complexity index is 971. The van der Waals surface area contributed by atoms with Gasteiger partial charge >= 0.3 is 0 Å². The molecule has 0 saturated heterocycles. The minimum Gasteiger partial charge on any atom is -0.357 e. The lowest BCUT2D eigenvalue weighted by molar-refractivity contribution is -0.136. The zero-order valence-corrected chi connectivity index (χ0v) is 15.3. The molecule has 0 spiro atoms. The number of hydrogen-bond donors (Lipinski definition) is 1. The maximum atomic E-state index is 12.5. The second kappa shape index (κ2) is 7.18. The lowest BCUT2D eigenvalue weighted by Crippen LogP contribution is -2.38. The van der Waals surface area contributed by atoms with Crippen molar-refractivity contribution in [1.29, 1.82) is 0 Å². The van der Waals surface area contributed by atoms with E-state index in [9.17, 15) is 14.4 Å². The van der Waals surface area contributed by atoms with Gasteiger partial charge in [-0.05, 0) is 25.0 Å². The predicted octanol–water partition coefficient (Wildman–Crippen LogP) is 0.826. The van der Waals surface area contributed by atoms with Gasteiger partial charge in [0.2, 0.25) is 5.91 Å². The average Bonchev–Trinajstić information content (AvgIpc) is 2.94. The summed E-state index contributed by atoms with van der Waals surface area (Å²) in [5.41, 5.74) is 2.68. The number of imide groups is 1. The number of carbonyl (C=O) groups excluding carboxylic acids is 3. The van der Waals surface area contributed by atoms with Crippen LogP contribution < -0.4 is 5.32 Å². The van der Waals surface area contributed by atoms with E-state index in [1.165, 1.54) is 7.05 Å². The maximum Gasteiger partial charge on any atom is 0.277 e. The number of pyridine rings is 1. The molecule has 0 atom stereocenters. The van der Waals surface area contributed by atoms with Crippen LogP contribution in [0.1, 0.15) is 12.8 Å². The van der Waals surface area contributed by atoms with E-state index in [0.29, 0.717) is 41.3 Å². The molecular formula is C19H18N6O3. The van der Waals surface area contributed by atoms with Crippen molar-refractivity contribution in [2.24, 2.45) is 0 Å². The number of nitrogens with one attached hydrogen (secondary N) is 1. The predicted molar refractivity (Wildman–Crippen MR) is 99.5 cm³/mol. The van der Waals surface area contributed by atoms with Gasteiger partial charge in [-0.25, -0.2) is 0 Å². The summed E-state index contributed by atoms with van der Waals surface area (Å²) in [4.78, 5) is 52.2. The molecule has 0 aromatic carbocycles. The van der Waals surface area contributed by atoms with Gasteiger partial charge in [0.25, 0.3) is 11.8 Å². The van der Waals surface area contributed by atoms with Crippen molar-refractivity contribution in [1.82, 2.24) is 24.8 Å². The Morgan fingerprint density at radius 1 is 1.11 bits per heavy atom. The number of nitrogens with zero attached hydrogens (tertiary/aromatic N) is 5. The molecule has 9 nitrogen and oxygen atoms in total. The Labute approximate surface area is 161 Å². The zero-order valence-electron chi connectivity index (χ0n) is 15.3. The van der Waals surface area contributed by atoms with Crippen molar-refractivity contribution in [3.05, 3.63) is 48.2 Å². The molecule has 0 fully saturated rings. The second-order valence-electron chi connectivity index (χ2n) is 6.59. The van der Waals surface area contributed by atoms with Crippen LogP contribution in [-0.2, 0) is 14.4 Å². The van der Waals surface area contributed by atoms with Crippen molar-refractivity contribution >= 4 is 23.4 Å². The van der Waals surface area contributed by atoms with Crippen molar-refractivity contribution in [2.45, 2.75) is 12.8 Å². The van der Waals surface area contributed by atoms with Crippen molar-refractivity contribution in [3.63, 3.8) is 0 Å². The van der Waals surface area contributed by atoms with Gasteiger partial charge in [-0.3, -0.25) is 34.2 Å². The Balaban J connectivity index is 1.43. The highest BCUT2D eigenvalue weighted by Crippen LogP contribution is 2.30. The number of aromatic nitrogens is 3. The summed E-state index contributed by atoms with van der Waals surface area (Å²) in [7, 11) is 1.46. The average molecular weight is 378 g/mol. The van der Waals surface area contributed by atoms with Crippen molar-refractivity contribution in [2.75, 3.05) is 25.5 Å². The number of anilines is 1. The highest BCUT2D eigenvalue weighted by Gasteiger charge is 2.40. The van der Waals surface area contributed by atoms with Crippen LogP contribution >= 0.6 is 0 Å². The Morgan fingerprint density at radius 3 is 2.68 bits per heavy atom. The lowest BCUT2D eigenvalue weighted by Gasteiger charge is -2.28. The molecule has 0 saturated carbocycles. The summed E-state index contributed by atoms with van der Waals surface area (Å²) in [6, 6.07) is 3.48. The van der Waals surface area contributed by atoms with E-state index in [1.54, 1.807) is 41.8 Å². The highest BCUT2D eigenvalue weighted by atomic mass is 16.2. The standard InChI is InChI=1S/C19H18N6O3/c1-24-18(27)13-3-2-8-25(17(13)19(24)28)11-16(26)23-12-4-5-14(22-9-12)15-10-20-6-7-21-15/h4-7,9-10H,2-3,8,11H2,1H3,(H,23,26). The first-order valence-corrected chi connectivity index (χ1v) is 8.87. The molecule has 142 valence electrons. The van der Waals surface area contributed by atoms with E-state index < -0.39 is 0 Å². The van der Waals surface area contributed by atoms with E-state index in [4.69, 9.17) is 0 Å². The maximum absolute atomic E-state index is 12.5. The molecule has 9 heteroatoms. The molecule has 4 rings (SSSR count). The van der Waals surface area contributed by atoms with E-state index in [1.807, 2.05) is 0 Å². The van der Waals surface area contributed by atoms with Crippen LogP contribution in [0.2, 0.25) is 0 Å². The first-order valence-electron chi connectivity index (χ1n) is 8.87. The topological polar surface area (TPSA) is 108 Å². The van der Waals surface area contributed by atoms with Crippen LogP contribution in [0.3, 0.4) is 0 Å². The quantitative estimate of drug-likeness (QED) is 0.785. The minimum atomic E-state index is -0.345. The molecule has 2 aliphatic rings. The molecule has 28 heavy (non-hydrogen) atoms. The summed E-state index contributed by atoms with van der Waals surface area (Å²) in [6.45, 7) is 0.556. The first-order chi connectivity index (χ1) is 13.5. The number of likely N-dealkylation sites (N-methyl/N-ethyl adjacent to an activating group) is 1. The van der Waals surface area contributed by atoms with E-state index in [0.717, 1.165) is 11.3 Å². The number of rotatable bonds is 4. The normalized spacial score (nSPS) is 16.5. The van der Waals surface area contributed by atoms with E-state index in [2.05, 4.69) is 20.3 Å². The third kappa shape index (κ3) is 3.22. The fourth-order valence-electron chi connectivity index (χ4n) is 3.38. The summed E-state index contributed by atoms with van der Waals surface area (Å²) in [5.74, 6) is -0.894. The Hall–Kier alpha value is -3.62. The Morgan fingerprint density at radius 2 is 1.96 bits per heavy atom. The van der Waals surface area contributed by atoms with Gasteiger partial charge in [0.05, 0.1) is 30.3 Å². The van der Waals surface area contributed by atoms with E-state index >= 15 is 0 Å². The van der Waals surface area contributed by atoms with Crippen LogP contribution in [0.4, 0.5) is 5.69 Å². The monoisotopic (exact) mass is 378 g/mol. The van der Waals surface area contributed by atoms with Gasteiger partial charge in [-0.2, -0.15) is 0 Å². The molecule has 2 aromatic rings. The van der Waals surface area contributed by atoms with Gasteiger partial charge in [0, 0.05) is 31.6 Å². The largest absolute Gasteiger partial charge is 0.357 e. The minimum absolute atomic E-state index is 0.00238. The molecule has 4 heterocycles. The van der Waals surface area contributed by atoms with Crippen LogP contribution in [0.5, 0.6) is 0 Å². The smallest absolute Gasteiger partial charge is 0.277 e. The van der Waals surface area contributed by atoms with Crippen LogP contribution in [0.15, 0.2) is 48.2 Å². The summed E-state index contributed by atoms with van der Waals surface area (Å²) in [5, 5.41) is 2.77. The number of carbonyl (C=O) groups is 3. The lowest BCUT2D eigenvalue weighted by atomic mass is 10.0.